The minimum absolute atomic E-state index is 0.420. The van der Waals surface area contributed by atoms with E-state index in [9.17, 15) is 0 Å². The van der Waals surface area contributed by atoms with Gasteiger partial charge in [0.1, 0.15) is 23.4 Å². The van der Waals surface area contributed by atoms with E-state index in [0.717, 1.165) is 46.8 Å². The first-order chi connectivity index (χ1) is 15.1. The predicted molar refractivity (Wildman–Crippen MR) is 111 cm³/mol. The van der Waals surface area contributed by atoms with E-state index in [0.29, 0.717) is 30.4 Å². The molecule has 2 aliphatic rings. The lowest BCUT2D eigenvalue weighted by Crippen LogP contribution is -2.12. The Morgan fingerprint density at radius 1 is 1.23 bits per heavy atom. The Bertz CT molecular complexity index is 1300. The Balaban J connectivity index is 1.50. The first-order valence-corrected chi connectivity index (χ1v) is 10.4. The van der Waals surface area contributed by atoms with E-state index in [-0.39, 0.29) is 0 Å². The van der Waals surface area contributed by atoms with Crippen molar-refractivity contribution in [1.29, 1.82) is 0 Å². The van der Waals surface area contributed by atoms with Gasteiger partial charge in [0.15, 0.2) is 0 Å². The van der Waals surface area contributed by atoms with E-state index < -0.39 is 5.60 Å². The Morgan fingerprint density at radius 3 is 2.87 bits per heavy atom. The molecule has 1 aliphatic heterocycles. The average Bonchev–Trinajstić information content (AvgIpc) is 3.12. The summed E-state index contributed by atoms with van der Waals surface area (Å²) >= 11 is 0. The summed E-state index contributed by atoms with van der Waals surface area (Å²) in [6, 6.07) is 5.99. The van der Waals surface area contributed by atoms with Crippen LogP contribution in [-0.4, -0.2) is 43.2 Å². The highest BCUT2D eigenvalue weighted by atomic mass is 16.5. The van der Waals surface area contributed by atoms with Gasteiger partial charge in [-0.3, -0.25) is 4.68 Å². The number of methoxy groups -OCH3 is 1. The number of hydrogen-bond acceptors (Lipinski definition) is 7. The maximum Gasteiger partial charge on any atom is 0.259 e. The van der Waals surface area contributed by atoms with Gasteiger partial charge >= 0.3 is 0 Å². The van der Waals surface area contributed by atoms with Crippen molar-refractivity contribution in [3.05, 3.63) is 47.9 Å². The number of rotatable bonds is 5. The molecule has 1 aromatic carbocycles. The fourth-order valence-corrected chi connectivity index (χ4v) is 4.37. The van der Waals surface area contributed by atoms with Gasteiger partial charge in [-0.2, -0.15) is 10.1 Å². The molecule has 3 aromatic heterocycles. The molecule has 1 saturated carbocycles. The molecule has 6 rings (SSSR count). The minimum atomic E-state index is -0.420. The molecular formula is C22H22N6O3. The summed E-state index contributed by atoms with van der Waals surface area (Å²) in [5.41, 5.74) is 5.31. The van der Waals surface area contributed by atoms with Gasteiger partial charge in [0.2, 0.25) is 5.82 Å². The lowest BCUT2D eigenvalue weighted by atomic mass is 10.0. The third kappa shape index (κ3) is 2.73. The second kappa shape index (κ2) is 6.52. The van der Waals surface area contributed by atoms with Crippen LogP contribution in [0.25, 0.3) is 28.5 Å². The molecule has 0 N–H and O–H groups in total. The van der Waals surface area contributed by atoms with Crippen LogP contribution in [0.3, 0.4) is 0 Å². The first kappa shape index (κ1) is 18.3. The highest BCUT2D eigenvalue weighted by molar-refractivity contribution is 5.77. The maximum atomic E-state index is 5.86. The lowest BCUT2D eigenvalue weighted by Gasteiger charge is -2.11. The number of imidazole rings is 1. The van der Waals surface area contributed by atoms with E-state index in [1.54, 1.807) is 7.11 Å². The summed E-state index contributed by atoms with van der Waals surface area (Å²) in [4.78, 5) is 9.34. The number of aromatic nitrogens is 6. The number of benzene rings is 1. The Hall–Kier alpha value is -3.46. The van der Waals surface area contributed by atoms with E-state index in [4.69, 9.17) is 19.1 Å². The fraction of sp³-hybridized carbons (Fsp3) is 0.364. The summed E-state index contributed by atoms with van der Waals surface area (Å²) in [6.45, 7) is 2.59. The fourth-order valence-electron chi connectivity index (χ4n) is 4.37. The van der Waals surface area contributed by atoms with Crippen molar-refractivity contribution in [2.75, 3.05) is 13.7 Å². The van der Waals surface area contributed by atoms with Gasteiger partial charge in [-0.1, -0.05) is 5.16 Å². The number of aryl methyl sites for hydroxylation is 1. The van der Waals surface area contributed by atoms with Crippen molar-refractivity contribution in [2.45, 2.75) is 31.8 Å². The Labute approximate surface area is 178 Å². The van der Waals surface area contributed by atoms with E-state index in [1.165, 1.54) is 0 Å². The van der Waals surface area contributed by atoms with Crippen LogP contribution in [0.15, 0.2) is 35.2 Å². The van der Waals surface area contributed by atoms with Crippen LogP contribution < -0.4 is 4.74 Å². The van der Waals surface area contributed by atoms with Gasteiger partial charge in [-0.05, 0) is 38.0 Å². The standard InChI is InChI=1S/C22H22N6O3/c1-4-30-22(7-8-22)21-24-20(26-31-21)19-17-9-13-11-27(2)25-18(13)15-10-14(29-3)5-6-16(15)28(17)12-23-19/h5-6,10-12H,4,7-9H2,1-3H3. The van der Waals surface area contributed by atoms with Crippen LogP contribution in [0.1, 0.15) is 36.9 Å². The molecule has 0 bridgehead atoms. The third-order valence-corrected chi connectivity index (χ3v) is 6.00. The monoisotopic (exact) mass is 418 g/mol. The van der Waals surface area contributed by atoms with Crippen molar-refractivity contribution in [3.63, 3.8) is 0 Å². The smallest absolute Gasteiger partial charge is 0.259 e. The van der Waals surface area contributed by atoms with Gasteiger partial charge in [0.25, 0.3) is 5.89 Å². The molecular weight excluding hydrogens is 396 g/mol. The number of ether oxygens (including phenoxy) is 2. The van der Waals surface area contributed by atoms with E-state index in [2.05, 4.69) is 19.7 Å². The van der Waals surface area contributed by atoms with Gasteiger partial charge < -0.3 is 18.6 Å². The largest absolute Gasteiger partial charge is 0.497 e. The normalized spacial score (nSPS) is 15.7. The lowest BCUT2D eigenvalue weighted by molar-refractivity contribution is 0.0153. The predicted octanol–water partition coefficient (Wildman–Crippen LogP) is 3.26. The second-order valence-corrected chi connectivity index (χ2v) is 8.00. The highest BCUT2D eigenvalue weighted by Gasteiger charge is 2.51. The van der Waals surface area contributed by atoms with Crippen molar-refractivity contribution in [2.24, 2.45) is 7.05 Å². The number of fused-ring (bicyclic) bond motifs is 5. The molecule has 0 unspecified atom stereocenters. The van der Waals surface area contributed by atoms with Crippen molar-refractivity contribution >= 4 is 0 Å². The van der Waals surface area contributed by atoms with Gasteiger partial charge in [0.05, 0.1) is 24.2 Å². The average molecular weight is 418 g/mol. The third-order valence-electron chi connectivity index (χ3n) is 6.00. The first-order valence-electron chi connectivity index (χ1n) is 10.4. The summed E-state index contributed by atoms with van der Waals surface area (Å²) < 4.78 is 20.8. The van der Waals surface area contributed by atoms with E-state index in [1.807, 2.05) is 49.4 Å². The molecule has 0 atom stereocenters. The maximum absolute atomic E-state index is 5.86. The summed E-state index contributed by atoms with van der Waals surface area (Å²) in [6.07, 6.45) is 6.31. The van der Waals surface area contributed by atoms with Crippen LogP contribution in [-0.2, 0) is 23.8 Å². The van der Waals surface area contributed by atoms with Gasteiger partial charge in [0, 0.05) is 37.4 Å². The SMILES string of the molecule is CCOC1(c2nc(-c3ncn4c3Cc3cn(C)nc3-c3cc(OC)ccc3-4)no2)CC1. The topological polar surface area (TPSA) is 93.0 Å². The molecule has 1 aliphatic carbocycles. The summed E-state index contributed by atoms with van der Waals surface area (Å²) in [5.74, 6) is 1.80. The summed E-state index contributed by atoms with van der Waals surface area (Å²) in [7, 11) is 3.60. The zero-order valence-electron chi connectivity index (χ0n) is 17.6. The van der Waals surface area contributed by atoms with Crippen LogP contribution in [0.5, 0.6) is 5.75 Å². The van der Waals surface area contributed by atoms with Crippen molar-refractivity contribution in [1.82, 2.24) is 29.5 Å². The molecule has 0 amide bonds. The van der Waals surface area contributed by atoms with Crippen LogP contribution in [0.2, 0.25) is 0 Å². The molecule has 1 fully saturated rings. The molecule has 4 aromatic rings. The van der Waals surface area contributed by atoms with E-state index >= 15 is 0 Å². The molecule has 0 radical (unpaired) electrons. The second-order valence-electron chi connectivity index (χ2n) is 8.00. The highest BCUT2D eigenvalue weighted by Crippen LogP contribution is 2.49. The van der Waals surface area contributed by atoms with Gasteiger partial charge in [-0.15, -0.1) is 0 Å². The zero-order valence-corrected chi connectivity index (χ0v) is 17.6. The Morgan fingerprint density at radius 2 is 2.10 bits per heavy atom. The van der Waals surface area contributed by atoms with Crippen LogP contribution in [0, 0.1) is 0 Å². The van der Waals surface area contributed by atoms with Gasteiger partial charge in [-0.25, -0.2) is 4.98 Å². The summed E-state index contributed by atoms with van der Waals surface area (Å²) in [5, 5.41) is 8.97. The number of hydrogen-bond donors (Lipinski definition) is 0. The van der Waals surface area contributed by atoms with Crippen LogP contribution in [0.4, 0.5) is 0 Å². The zero-order chi connectivity index (χ0) is 21.2. The molecule has 9 nitrogen and oxygen atoms in total. The Kier molecular flexibility index (Phi) is 3.85. The molecule has 0 spiro atoms. The van der Waals surface area contributed by atoms with Crippen molar-refractivity contribution < 1.29 is 14.0 Å². The molecule has 158 valence electrons. The molecule has 31 heavy (non-hydrogen) atoms. The number of nitrogens with zero attached hydrogens (tertiary/aromatic N) is 6. The minimum Gasteiger partial charge on any atom is -0.497 e. The molecule has 0 saturated heterocycles. The quantitative estimate of drug-likeness (QED) is 0.432. The molecule has 4 heterocycles. The van der Waals surface area contributed by atoms with Crippen molar-refractivity contribution in [3.8, 4) is 34.2 Å². The van der Waals surface area contributed by atoms with Crippen LogP contribution >= 0.6 is 0 Å². The molecule has 9 heteroatoms.